The van der Waals surface area contributed by atoms with E-state index < -0.39 is 6.10 Å². The maximum atomic E-state index is 12.9. The summed E-state index contributed by atoms with van der Waals surface area (Å²) in [5.74, 6) is -0.940. The number of rotatable bonds is 60. The predicted molar refractivity (Wildman–Crippen MR) is 353 cm³/mol. The SMILES string of the molecule is CC/C=C\C/C=C\C/C=C\C/C=C\C/C=C\C/C=C\CCCCCCCCCCCCC(=O)OCC(COC(=O)CCCC/C=C\C/C=C\C/C=C\C/C=C\CC)OC(=O)CCCCCCCCCCC/C=C\CCCCCCCC. The minimum absolute atomic E-state index is 0.0967. The first-order valence-corrected chi connectivity index (χ1v) is 33.7. The average Bonchev–Trinajstić information content (AvgIpc) is 3.47. The standard InChI is InChI=1S/C75H124O6/c1-4-7-10-13-16-19-22-25-28-30-32-33-34-35-36-37-38-39-40-41-43-44-47-50-53-56-59-62-65-68-74(77)80-71-72(70-79-73(76)67-64-61-58-55-52-49-46-27-24-21-18-15-12-9-6-3)81-75(78)69-66-63-60-57-54-51-48-45-42-31-29-26-23-20-17-14-11-8-5-2/h7,9-10,12,16,18-19,21,25-29,32-33,35-36,38-39,46,52,55,72H,4-6,8,11,13-15,17,20,22-24,30-31,34,37,40-45,47-51,53-54,56-71H2,1-3H3/b10-7-,12-9-,19-16-,21-18-,28-25-,29-26-,33-32-,36-35-,39-38-,46-27-,55-52-. The van der Waals surface area contributed by atoms with Crippen molar-refractivity contribution in [2.75, 3.05) is 13.2 Å². The summed E-state index contributed by atoms with van der Waals surface area (Å²) < 4.78 is 16.9. The van der Waals surface area contributed by atoms with Crippen LogP contribution >= 0.6 is 0 Å². The fourth-order valence-electron chi connectivity index (χ4n) is 9.14. The number of carbonyl (C=O) groups excluding carboxylic acids is 3. The largest absolute Gasteiger partial charge is 0.462 e. The molecule has 0 bridgehead atoms. The molecule has 0 fully saturated rings. The van der Waals surface area contributed by atoms with E-state index in [1.54, 1.807) is 0 Å². The molecule has 0 aromatic rings. The molecule has 1 unspecified atom stereocenters. The summed E-state index contributed by atoms with van der Waals surface area (Å²) in [5.41, 5.74) is 0. The van der Waals surface area contributed by atoms with Crippen molar-refractivity contribution in [3.05, 3.63) is 134 Å². The molecule has 6 nitrogen and oxygen atoms in total. The van der Waals surface area contributed by atoms with Gasteiger partial charge in [-0.1, -0.05) is 283 Å². The van der Waals surface area contributed by atoms with E-state index in [0.29, 0.717) is 19.3 Å². The van der Waals surface area contributed by atoms with Crippen molar-refractivity contribution in [2.24, 2.45) is 0 Å². The van der Waals surface area contributed by atoms with Crippen LogP contribution in [0.4, 0.5) is 0 Å². The summed E-state index contributed by atoms with van der Waals surface area (Å²) in [6.07, 6.45) is 96.1. The molecule has 0 aliphatic carbocycles. The Balaban J connectivity index is 4.37. The number of hydrogen-bond donors (Lipinski definition) is 0. The van der Waals surface area contributed by atoms with Gasteiger partial charge in [-0.3, -0.25) is 14.4 Å². The minimum atomic E-state index is -0.803. The highest BCUT2D eigenvalue weighted by molar-refractivity contribution is 5.71. The second-order valence-corrected chi connectivity index (χ2v) is 22.0. The van der Waals surface area contributed by atoms with Crippen molar-refractivity contribution in [3.63, 3.8) is 0 Å². The Morgan fingerprint density at radius 2 is 0.481 bits per heavy atom. The Labute approximate surface area is 500 Å². The summed E-state index contributed by atoms with van der Waals surface area (Å²) in [7, 11) is 0. The number of esters is 3. The number of allylic oxidation sites excluding steroid dienone is 22. The van der Waals surface area contributed by atoms with E-state index in [9.17, 15) is 14.4 Å². The fourth-order valence-corrected chi connectivity index (χ4v) is 9.14. The topological polar surface area (TPSA) is 78.9 Å². The van der Waals surface area contributed by atoms with Gasteiger partial charge in [-0.2, -0.15) is 0 Å². The van der Waals surface area contributed by atoms with Gasteiger partial charge in [0.1, 0.15) is 13.2 Å². The van der Waals surface area contributed by atoms with Gasteiger partial charge in [0.15, 0.2) is 6.10 Å². The lowest BCUT2D eigenvalue weighted by molar-refractivity contribution is -0.167. The van der Waals surface area contributed by atoms with Crippen LogP contribution in [-0.4, -0.2) is 37.2 Å². The molecule has 0 aromatic carbocycles. The van der Waals surface area contributed by atoms with Gasteiger partial charge in [-0.25, -0.2) is 0 Å². The van der Waals surface area contributed by atoms with Crippen molar-refractivity contribution < 1.29 is 28.6 Å². The highest BCUT2D eigenvalue weighted by atomic mass is 16.6. The van der Waals surface area contributed by atoms with Crippen LogP contribution in [0.25, 0.3) is 0 Å². The van der Waals surface area contributed by atoms with Crippen LogP contribution in [0.1, 0.15) is 303 Å². The van der Waals surface area contributed by atoms with Crippen LogP contribution in [0, 0.1) is 0 Å². The minimum Gasteiger partial charge on any atom is -0.462 e. The summed E-state index contributed by atoms with van der Waals surface area (Å²) in [4.78, 5) is 38.4. The third-order valence-corrected chi connectivity index (χ3v) is 14.1. The summed E-state index contributed by atoms with van der Waals surface area (Å²) in [6, 6.07) is 0. The number of hydrogen-bond acceptors (Lipinski definition) is 6. The van der Waals surface area contributed by atoms with Crippen molar-refractivity contribution in [2.45, 2.75) is 309 Å². The average molecular weight is 1120 g/mol. The lowest BCUT2D eigenvalue weighted by Gasteiger charge is -2.18. The van der Waals surface area contributed by atoms with E-state index in [2.05, 4.69) is 154 Å². The quantitative estimate of drug-likeness (QED) is 0.0261. The van der Waals surface area contributed by atoms with E-state index in [0.717, 1.165) is 122 Å². The Morgan fingerprint density at radius 3 is 0.790 bits per heavy atom. The molecule has 0 spiro atoms. The molecule has 81 heavy (non-hydrogen) atoms. The molecule has 0 saturated heterocycles. The molecule has 0 amide bonds. The molecule has 0 aromatic heterocycles. The van der Waals surface area contributed by atoms with Crippen LogP contribution in [0.2, 0.25) is 0 Å². The predicted octanol–water partition coefficient (Wildman–Crippen LogP) is 23.3. The number of unbranched alkanes of at least 4 members (excludes halogenated alkanes) is 27. The van der Waals surface area contributed by atoms with Crippen molar-refractivity contribution in [1.82, 2.24) is 0 Å². The van der Waals surface area contributed by atoms with Crippen LogP contribution < -0.4 is 0 Å². The molecule has 1 atom stereocenters. The Morgan fingerprint density at radius 1 is 0.259 bits per heavy atom. The maximum Gasteiger partial charge on any atom is 0.306 e. The van der Waals surface area contributed by atoms with E-state index in [1.165, 1.54) is 141 Å². The second-order valence-electron chi connectivity index (χ2n) is 22.0. The van der Waals surface area contributed by atoms with Crippen LogP contribution in [0.5, 0.6) is 0 Å². The molecule has 0 saturated carbocycles. The number of ether oxygens (including phenoxy) is 3. The molecule has 0 aliphatic rings. The third kappa shape index (κ3) is 66.2. The van der Waals surface area contributed by atoms with Gasteiger partial charge in [0, 0.05) is 19.3 Å². The smallest absolute Gasteiger partial charge is 0.306 e. The molecular weight excluding hydrogens is 997 g/mol. The Bertz CT molecular complexity index is 1720. The van der Waals surface area contributed by atoms with E-state index in [1.807, 2.05) is 0 Å². The molecule has 6 heteroatoms. The summed E-state index contributed by atoms with van der Waals surface area (Å²) >= 11 is 0. The van der Waals surface area contributed by atoms with Crippen LogP contribution in [0.3, 0.4) is 0 Å². The summed E-state index contributed by atoms with van der Waals surface area (Å²) in [5, 5.41) is 0. The normalized spacial score (nSPS) is 13.0. The van der Waals surface area contributed by atoms with Gasteiger partial charge in [0.25, 0.3) is 0 Å². The number of carbonyl (C=O) groups is 3. The van der Waals surface area contributed by atoms with Gasteiger partial charge in [-0.05, 0) is 135 Å². The lowest BCUT2D eigenvalue weighted by Crippen LogP contribution is -2.30. The van der Waals surface area contributed by atoms with Crippen molar-refractivity contribution in [1.29, 1.82) is 0 Å². The first-order valence-electron chi connectivity index (χ1n) is 33.7. The van der Waals surface area contributed by atoms with Crippen molar-refractivity contribution in [3.8, 4) is 0 Å². The first-order chi connectivity index (χ1) is 40.0. The van der Waals surface area contributed by atoms with E-state index in [4.69, 9.17) is 14.2 Å². The molecule has 0 radical (unpaired) electrons. The monoisotopic (exact) mass is 1120 g/mol. The summed E-state index contributed by atoms with van der Waals surface area (Å²) in [6.45, 7) is 6.39. The fraction of sp³-hybridized carbons (Fsp3) is 0.667. The Hall–Kier alpha value is -4.45. The second kappa shape index (κ2) is 68.1. The van der Waals surface area contributed by atoms with E-state index >= 15 is 0 Å². The van der Waals surface area contributed by atoms with Crippen LogP contribution in [0.15, 0.2) is 134 Å². The molecule has 0 aliphatic heterocycles. The molecular formula is C75H124O6. The molecule has 0 rings (SSSR count). The van der Waals surface area contributed by atoms with Gasteiger partial charge in [-0.15, -0.1) is 0 Å². The van der Waals surface area contributed by atoms with Gasteiger partial charge in [0.2, 0.25) is 0 Å². The van der Waals surface area contributed by atoms with E-state index in [-0.39, 0.29) is 31.1 Å². The zero-order chi connectivity index (χ0) is 58.5. The maximum absolute atomic E-state index is 12.9. The van der Waals surface area contributed by atoms with Gasteiger partial charge in [0.05, 0.1) is 0 Å². The molecule has 460 valence electrons. The zero-order valence-electron chi connectivity index (χ0n) is 52.8. The Kier molecular flexibility index (Phi) is 64.3. The molecule has 0 heterocycles. The van der Waals surface area contributed by atoms with Crippen molar-refractivity contribution >= 4 is 17.9 Å². The lowest BCUT2D eigenvalue weighted by atomic mass is 10.0. The molecule has 0 N–H and O–H groups in total. The zero-order valence-corrected chi connectivity index (χ0v) is 52.8. The highest BCUT2D eigenvalue weighted by Crippen LogP contribution is 2.16. The van der Waals surface area contributed by atoms with Gasteiger partial charge < -0.3 is 14.2 Å². The first kappa shape index (κ1) is 76.5. The van der Waals surface area contributed by atoms with Crippen LogP contribution in [-0.2, 0) is 28.6 Å². The third-order valence-electron chi connectivity index (χ3n) is 14.1. The highest BCUT2D eigenvalue weighted by Gasteiger charge is 2.19. The van der Waals surface area contributed by atoms with Gasteiger partial charge >= 0.3 is 17.9 Å².